The van der Waals surface area contributed by atoms with Gasteiger partial charge in [0.1, 0.15) is 11.5 Å². The van der Waals surface area contributed by atoms with Crippen molar-refractivity contribution in [3.63, 3.8) is 0 Å². The fourth-order valence-corrected chi connectivity index (χ4v) is 1.59. The molecule has 0 heterocycles. The smallest absolute Gasteiger partial charge is 0.200 e. The molecule has 0 spiro atoms. The Balaban J connectivity index is 2.02. The minimum Gasteiger partial charge on any atom is -0.497 e. The van der Waals surface area contributed by atoms with E-state index in [-0.39, 0.29) is 12.2 Å². The van der Waals surface area contributed by atoms with Crippen LogP contribution in [0.2, 0.25) is 0 Å². The number of rotatable bonds is 5. The van der Waals surface area contributed by atoms with Gasteiger partial charge in [-0.15, -0.1) is 0 Å². The van der Waals surface area contributed by atoms with E-state index in [4.69, 9.17) is 9.47 Å². The Hall–Kier alpha value is -2.43. The lowest BCUT2D eigenvalue weighted by atomic mass is 10.1. The molecule has 5 heteroatoms. The van der Waals surface area contributed by atoms with E-state index in [1.54, 1.807) is 24.3 Å². The summed E-state index contributed by atoms with van der Waals surface area (Å²) in [7, 11) is 1.52. The van der Waals surface area contributed by atoms with E-state index in [9.17, 15) is 13.6 Å². The number of benzene rings is 2. The second kappa shape index (κ2) is 6.14. The molecule has 0 amide bonds. The zero-order valence-electron chi connectivity index (χ0n) is 10.7. The van der Waals surface area contributed by atoms with E-state index in [1.165, 1.54) is 13.2 Å². The highest BCUT2D eigenvalue weighted by Crippen LogP contribution is 2.19. The topological polar surface area (TPSA) is 35.5 Å². The maximum absolute atomic E-state index is 13.0. The van der Waals surface area contributed by atoms with Crippen molar-refractivity contribution in [1.82, 2.24) is 0 Å². The molecule has 0 aliphatic carbocycles. The fourth-order valence-electron chi connectivity index (χ4n) is 1.59. The highest BCUT2D eigenvalue weighted by molar-refractivity contribution is 5.97. The largest absolute Gasteiger partial charge is 0.497 e. The molecule has 0 aliphatic heterocycles. The molecule has 2 rings (SSSR count). The van der Waals surface area contributed by atoms with Gasteiger partial charge in [-0.1, -0.05) is 6.07 Å². The Morgan fingerprint density at radius 2 is 1.80 bits per heavy atom. The zero-order chi connectivity index (χ0) is 14.5. The van der Waals surface area contributed by atoms with Gasteiger partial charge in [0.15, 0.2) is 24.0 Å². The molecule has 0 bridgehead atoms. The number of Topliss-reactive ketones (excluding diaryl/α,β-unsaturated/α-hetero) is 1. The van der Waals surface area contributed by atoms with Crippen molar-refractivity contribution >= 4 is 5.78 Å². The number of carbonyl (C=O) groups excluding carboxylic acids is 1. The second-order valence-corrected chi connectivity index (χ2v) is 4.02. The van der Waals surface area contributed by atoms with Gasteiger partial charge in [-0.3, -0.25) is 4.79 Å². The molecule has 0 aromatic heterocycles. The molecule has 0 saturated carbocycles. The molecule has 0 atom stereocenters. The molecule has 3 nitrogen and oxygen atoms in total. The normalized spacial score (nSPS) is 10.2. The molecule has 104 valence electrons. The Bertz CT molecular complexity index is 626. The average molecular weight is 278 g/mol. The highest BCUT2D eigenvalue weighted by atomic mass is 19.2. The predicted molar refractivity (Wildman–Crippen MR) is 69.2 cm³/mol. The molecular formula is C15H12F2O3. The van der Waals surface area contributed by atoms with E-state index in [1.807, 2.05) is 0 Å². The van der Waals surface area contributed by atoms with Crippen LogP contribution in [0.1, 0.15) is 10.4 Å². The second-order valence-electron chi connectivity index (χ2n) is 4.02. The number of halogens is 2. The van der Waals surface area contributed by atoms with E-state index in [2.05, 4.69) is 0 Å². The third-order valence-corrected chi connectivity index (χ3v) is 2.65. The molecule has 0 saturated heterocycles. The Labute approximate surface area is 114 Å². The number of carbonyl (C=O) groups is 1. The lowest BCUT2D eigenvalue weighted by molar-refractivity contribution is 0.0920. The van der Waals surface area contributed by atoms with Gasteiger partial charge in [0, 0.05) is 11.6 Å². The van der Waals surface area contributed by atoms with E-state index < -0.39 is 17.4 Å². The van der Waals surface area contributed by atoms with Gasteiger partial charge in [-0.05, 0) is 30.3 Å². The lowest BCUT2D eigenvalue weighted by Gasteiger charge is -2.07. The van der Waals surface area contributed by atoms with Gasteiger partial charge in [0.25, 0.3) is 0 Å². The van der Waals surface area contributed by atoms with Crippen LogP contribution in [0.4, 0.5) is 8.78 Å². The SMILES string of the molecule is COc1cccc(OCC(=O)c2ccc(F)c(F)c2)c1. The summed E-state index contributed by atoms with van der Waals surface area (Å²) in [6.45, 7) is -0.266. The van der Waals surface area contributed by atoms with Crippen molar-refractivity contribution in [3.8, 4) is 11.5 Å². The van der Waals surface area contributed by atoms with Crippen LogP contribution in [0.5, 0.6) is 11.5 Å². The summed E-state index contributed by atoms with van der Waals surface area (Å²) in [6, 6.07) is 9.73. The van der Waals surface area contributed by atoms with Crippen molar-refractivity contribution in [1.29, 1.82) is 0 Å². The van der Waals surface area contributed by atoms with Crippen LogP contribution in [0, 0.1) is 11.6 Å². The molecule has 0 N–H and O–H groups in total. The fraction of sp³-hybridized carbons (Fsp3) is 0.133. The number of hydrogen-bond donors (Lipinski definition) is 0. The molecule has 20 heavy (non-hydrogen) atoms. The summed E-state index contributed by atoms with van der Waals surface area (Å²) in [5.74, 6) is -1.43. The Morgan fingerprint density at radius 3 is 2.50 bits per heavy atom. The minimum atomic E-state index is -1.06. The first-order valence-electron chi connectivity index (χ1n) is 5.85. The Kier molecular flexibility index (Phi) is 4.30. The van der Waals surface area contributed by atoms with Gasteiger partial charge in [-0.2, -0.15) is 0 Å². The number of hydrogen-bond acceptors (Lipinski definition) is 3. The van der Waals surface area contributed by atoms with Crippen LogP contribution in [0.3, 0.4) is 0 Å². The third kappa shape index (κ3) is 3.32. The van der Waals surface area contributed by atoms with Crippen molar-refractivity contribution in [2.75, 3.05) is 13.7 Å². The molecule has 2 aromatic rings. The van der Waals surface area contributed by atoms with Crippen molar-refractivity contribution in [2.45, 2.75) is 0 Å². The zero-order valence-corrected chi connectivity index (χ0v) is 10.7. The van der Waals surface area contributed by atoms with Gasteiger partial charge in [0.05, 0.1) is 7.11 Å². The average Bonchev–Trinajstić information content (AvgIpc) is 2.47. The van der Waals surface area contributed by atoms with Gasteiger partial charge in [-0.25, -0.2) is 8.78 Å². The van der Waals surface area contributed by atoms with Gasteiger partial charge >= 0.3 is 0 Å². The summed E-state index contributed by atoms with van der Waals surface area (Å²) in [6.07, 6.45) is 0. The Morgan fingerprint density at radius 1 is 1.05 bits per heavy atom. The summed E-state index contributed by atoms with van der Waals surface area (Å²) >= 11 is 0. The first-order valence-corrected chi connectivity index (χ1v) is 5.85. The quantitative estimate of drug-likeness (QED) is 0.788. The molecule has 2 aromatic carbocycles. The maximum atomic E-state index is 13.0. The monoisotopic (exact) mass is 278 g/mol. The molecule has 0 unspecified atom stereocenters. The predicted octanol–water partition coefficient (Wildman–Crippen LogP) is 3.24. The molecule has 0 fully saturated rings. The highest BCUT2D eigenvalue weighted by Gasteiger charge is 2.10. The van der Waals surface area contributed by atoms with Gasteiger partial charge < -0.3 is 9.47 Å². The first kappa shape index (κ1) is 14.0. The number of methoxy groups -OCH3 is 1. The van der Waals surface area contributed by atoms with Gasteiger partial charge in [0.2, 0.25) is 0 Å². The lowest BCUT2D eigenvalue weighted by Crippen LogP contribution is -2.12. The van der Waals surface area contributed by atoms with Crippen LogP contribution >= 0.6 is 0 Å². The van der Waals surface area contributed by atoms with Crippen LogP contribution in [0.15, 0.2) is 42.5 Å². The first-order chi connectivity index (χ1) is 9.60. The number of ketones is 1. The molecular weight excluding hydrogens is 266 g/mol. The third-order valence-electron chi connectivity index (χ3n) is 2.65. The van der Waals surface area contributed by atoms with E-state index in [0.717, 1.165) is 12.1 Å². The summed E-state index contributed by atoms with van der Waals surface area (Å²) < 4.78 is 36.1. The van der Waals surface area contributed by atoms with E-state index in [0.29, 0.717) is 11.5 Å². The molecule has 0 radical (unpaired) electrons. The maximum Gasteiger partial charge on any atom is 0.200 e. The van der Waals surface area contributed by atoms with Crippen molar-refractivity contribution in [3.05, 3.63) is 59.7 Å². The van der Waals surface area contributed by atoms with Crippen LogP contribution in [-0.4, -0.2) is 19.5 Å². The van der Waals surface area contributed by atoms with Crippen molar-refractivity contribution < 1.29 is 23.0 Å². The van der Waals surface area contributed by atoms with Crippen LogP contribution in [-0.2, 0) is 0 Å². The summed E-state index contributed by atoms with van der Waals surface area (Å²) in [5.41, 5.74) is 0.0618. The van der Waals surface area contributed by atoms with Crippen molar-refractivity contribution in [2.24, 2.45) is 0 Å². The number of ether oxygens (including phenoxy) is 2. The van der Waals surface area contributed by atoms with Crippen LogP contribution < -0.4 is 9.47 Å². The molecule has 0 aliphatic rings. The summed E-state index contributed by atoms with van der Waals surface area (Å²) in [5, 5.41) is 0. The van der Waals surface area contributed by atoms with Crippen LogP contribution in [0.25, 0.3) is 0 Å². The minimum absolute atomic E-state index is 0.0618. The standard InChI is InChI=1S/C15H12F2O3/c1-19-11-3-2-4-12(8-11)20-9-15(18)10-5-6-13(16)14(17)7-10/h2-8H,9H2,1H3. The van der Waals surface area contributed by atoms with E-state index >= 15 is 0 Å². The summed E-state index contributed by atoms with van der Waals surface area (Å²) in [4.78, 5) is 11.8.